The van der Waals surface area contributed by atoms with Crippen molar-refractivity contribution in [2.45, 2.75) is 24.9 Å². The molecule has 26 heavy (non-hydrogen) atoms. The van der Waals surface area contributed by atoms with Crippen molar-refractivity contribution in [3.63, 3.8) is 0 Å². The molecule has 4 N–H and O–H groups in total. The van der Waals surface area contributed by atoms with Crippen molar-refractivity contribution in [3.05, 3.63) is 34.4 Å². The number of phenolic OH excluding ortho intramolecular Hbond substituents is 4. The normalized spacial score (nSPS) is 25.8. The van der Waals surface area contributed by atoms with Gasteiger partial charge in [-0.15, -0.1) is 0 Å². The van der Waals surface area contributed by atoms with Crippen LogP contribution in [0.15, 0.2) is 12.1 Å². The number of nitrogens with zero attached hydrogens (tertiary/aromatic N) is 2. The van der Waals surface area contributed by atoms with Gasteiger partial charge in [0.2, 0.25) is 0 Å². The van der Waals surface area contributed by atoms with Crippen molar-refractivity contribution in [2.24, 2.45) is 0 Å². The monoisotopic (exact) mass is 352 g/mol. The Kier molecular flexibility index (Phi) is 2.62. The Balaban J connectivity index is 1.80. The Bertz CT molecular complexity index is 907. The number of hydrogen-bond donors (Lipinski definition) is 4. The van der Waals surface area contributed by atoms with E-state index in [1.807, 2.05) is 0 Å². The molecule has 0 spiro atoms. The molecule has 2 aromatic carbocycles. The van der Waals surface area contributed by atoms with Gasteiger partial charge in [0.1, 0.15) is 0 Å². The summed E-state index contributed by atoms with van der Waals surface area (Å²) >= 11 is 0. The van der Waals surface area contributed by atoms with E-state index in [2.05, 4.69) is 9.80 Å². The van der Waals surface area contributed by atoms with E-state index in [9.17, 15) is 20.4 Å². The van der Waals surface area contributed by atoms with Gasteiger partial charge in [0.25, 0.3) is 0 Å². The fourth-order valence-corrected chi connectivity index (χ4v) is 5.70. The zero-order chi connectivity index (χ0) is 17.7. The highest BCUT2D eigenvalue weighted by atomic mass is 16.3. The zero-order valence-electron chi connectivity index (χ0n) is 14.2. The maximum atomic E-state index is 10.7. The summed E-state index contributed by atoms with van der Waals surface area (Å²) in [7, 11) is 0. The van der Waals surface area contributed by atoms with Crippen molar-refractivity contribution in [2.75, 3.05) is 26.2 Å². The van der Waals surface area contributed by atoms with Crippen molar-refractivity contribution < 1.29 is 20.4 Å². The van der Waals surface area contributed by atoms with Crippen LogP contribution < -0.4 is 0 Å². The first kappa shape index (κ1) is 14.7. The maximum Gasteiger partial charge on any atom is 0.165 e. The third-order valence-corrected chi connectivity index (χ3v) is 6.75. The lowest BCUT2D eigenvalue weighted by Gasteiger charge is -2.55. The van der Waals surface area contributed by atoms with E-state index in [1.54, 1.807) is 12.1 Å². The number of aromatic hydroxyl groups is 4. The number of benzene rings is 2. The molecule has 3 heterocycles. The van der Waals surface area contributed by atoms with Crippen LogP contribution in [0.2, 0.25) is 0 Å². The SMILES string of the molecule is Oc1cc2c3c(c1O)-c1c(O)c(O)cc4c1[C@H]1[C@H]3N(CC2)CCN1CC4. The van der Waals surface area contributed by atoms with E-state index in [0.29, 0.717) is 11.1 Å². The summed E-state index contributed by atoms with van der Waals surface area (Å²) in [5.41, 5.74) is 5.06. The lowest BCUT2D eigenvalue weighted by atomic mass is 9.69. The van der Waals surface area contributed by atoms with Gasteiger partial charge in [-0.3, -0.25) is 9.80 Å². The number of piperazine rings is 1. The molecule has 0 radical (unpaired) electrons. The van der Waals surface area contributed by atoms with Gasteiger partial charge in [-0.1, -0.05) is 0 Å². The minimum Gasteiger partial charge on any atom is -0.504 e. The smallest absolute Gasteiger partial charge is 0.165 e. The van der Waals surface area contributed by atoms with Gasteiger partial charge in [0.15, 0.2) is 23.0 Å². The Morgan fingerprint density at radius 3 is 1.50 bits per heavy atom. The van der Waals surface area contributed by atoms with Gasteiger partial charge in [-0.25, -0.2) is 0 Å². The van der Waals surface area contributed by atoms with Crippen molar-refractivity contribution in [3.8, 4) is 34.1 Å². The van der Waals surface area contributed by atoms with Crippen LogP contribution in [-0.2, 0) is 12.8 Å². The quantitative estimate of drug-likeness (QED) is 0.543. The second kappa shape index (κ2) is 4.64. The molecule has 1 aliphatic carbocycles. The fraction of sp³-hybridized carbons (Fsp3) is 0.400. The lowest BCUT2D eigenvalue weighted by molar-refractivity contribution is 0.00367. The van der Waals surface area contributed by atoms with Gasteiger partial charge in [0, 0.05) is 37.3 Å². The predicted molar refractivity (Wildman–Crippen MR) is 94.6 cm³/mol. The van der Waals surface area contributed by atoms with E-state index in [0.717, 1.165) is 61.3 Å². The lowest BCUT2D eigenvalue weighted by Crippen LogP contribution is -2.55. The van der Waals surface area contributed by atoms with E-state index in [1.165, 1.54) is 0 Å². The van der Waals surface area contributed by atoms with E-state index >= 15 is 0 Å². The molecule has 134 valence electrons. The topological polar surface area (TPSA) is 87.4 Å². The largest absolute Gasteiger partial charge is 0.504 e. The third-order valence-electron chi connectivity index (χ3n) is 6.75. The van der Waals surface area contributed by atoms with Gasteiger partial charge >= 0.3 is 0 Å². The summed E-state index contributed by atoms with van der Waals surface area (Å²) in [6.45, 7) is 3.83. The molecule has 3 aliphatic heterocycles. The number of rotatable bonds is 0. The van der Waals surface area contributed by atoms with E-state index in [-0.39, 0.29) is 35.1 Å². The molecule has 2 aromatic rings. The standard InChI is InChI=1S/C20H20N2O4/c23-11-7-9-1-3-21-5-6-22-4-2-10-8-12(24)20(26)16-14(10)18(22)17(21)13(9)15(16)19(11)25/h7-8,17-18,23-26H,1-6H2/t17-,18-/m0/s1. The molecule has 1 fully saturated rings. The first-order valence-corrected chi connectivity index (χ1v) is 9.20. The molecule has 6 rings (SSSR count). The molecule has 0 aromatic heterocycles. The maximum absolute atomic E-state index is 10.7. The summed E-state index contributed by atoms with van der Waals surface area (Å²) in [6.07, 6.45) is 1.61. The first-order chi connectivity index (χ1) is 12.6. The second-order valence-corrected chi connectivity index (χ2v) is 7.85. The molecule has 2 atom stereocenters. The molecular weight excluding hydrogens is 332 g/mol. The van der Waals surface area contributed by atoms with Crippen LogP contribution in [0.1, 0.15) is 34.3 Å². The zero-order valence-corrected chi connectivity index (χ0v) is 14.2. The molecule has 0 bridgehead atoms. The molecule has 1 saturated heterocycles. The first-order valence-electron chi connectivity index (χ1n) is 9.20. The average molecular weight is 352 g/mol. The third kappa shape index (κ3) is 1.55. The molecule has 4 aliphatic rings. The Morgan fingerprint density at radius 1 is 0.654 bits per heavy atom. The Labute approximate surface area is 150 Å². The van der Waals surface area contributed by atoms with Crippen LogP contribution in [0.3, 0.4) is 0 Å². The second-order valence-electron chi connectivity index (χ2n) is 7.85. The van der Waals surface area contributed by atoms with Crippen LogP contribution in [0, 0.1) is 0 Å². The van der Waals surface area contributed by atoms with Gasteiger partial charge in [0.05, 0.1) is 12.1 Å². The van der Waals surface area contributed by atoms with Gasteiger partial charge in [-0.05, 0) is 47.2 Å². The summed E-state index contributed by atoms with van der Waals surface area (Å²) < 4.78 is 0. The molecule has 0 saturated carbocycles. The molecule has 6 nitrogen and oxygen atoms in total. The van der Waals surface area contributed by atoms with Gasteiger partial charge in [-0.2, -0.15) is 0 Å². The number of phenols is 4. The van der Waals surface area contributed by atoms with Gasteiger partial charge < -0.3 is 20.4 Å². The van der Waals surface area contributed by atoms with Crippen LogP contribution in [-0.4, -0.2) is 56.4 Å². The minimum atomic E-state index is -0.199. The van der Waals surface area contributed by atoms with Crippen LogP contribution in [0.4, 0.5) is 0 Å². The number of fused-ring (bicyclic) bond motifs is 1. The minimum absolute atomic E-state index is 0.115. The fourth-order valence-electron chi connectivity index (χ4n) is 5.70. The summed E-state index contributed by atoms with van der Waals surface area (Å²) in [5, 5.41) is 42.1. The molecule has 0 amide bonds. The van der Waals surface area contributed by atoms with Crippen molar-refractivity contribution >= 4 is 0 Å². The average Bonchev–Trinajstić information content (AvgIpc) is 2.64. The Morgan fingerprint density at radius 2 is 1.08 bits per heavy atom. The molecule has 0 unspecified atom stereocenters. The Hall–Kier alpha value is -2.44. The molecule has 6 heteroatoms. The summed E-state index contributed by atoms with van der Waals surface area (Å²) in [5.74, 6) is -0.721. The highest BCUT2D eigenvalue weighted by Crippen LogP contribution is 2.62. The van der Waals surface area contributed by atoms with Crippen molar-refractivity contribution in [1.29, 1.82) is 0 Å². The summed E-state index contributed by atoms with van der Waals surface area (Å²) in [6, 6.07) is 3.56. The van der Waals surface area contributed by atoms with Crippen LogP contribution in [0.25, 0.3) is 11.1 Å². The summed E-state index contributed by atoms with van der Waals surface area (Å²) in [4.78, 5) is 4.93. The predicted octanol–water partition coefficient (Wildman–Crippen LogP) is 2.00. The van der Waals surface area contributed by atoms with Crippen LogP contribution >= 0.6 is 0 Å². The van der Waals surface area contributed by atoms with Crippen molar-refractivity contribution in [1.82, 2.24) is 9.80 Å². The van der Waals surface area contributed by atoms with Crippen LogP contribution in [0.5, 0.6) is 23.0 Å². The molecular formula is C20H20N2O4. The number of hydrogen-bond acceptors (Lipinski definition) is 6. The highest BCUT2D eigenvalue weighted by Gasteiger charge is 2.50. The van der Waals surface area contributed by atoms with E-state index < -0.39 is 0 Å². The highest BCUT2D eigenvalue weighted by molar-refractivity contribution is 5.89. The van der Waals surface area contributed by atoms with E-state index in [4.69, 9.17) is 0 Å².